The summed E-state index contributed by atoms with van der Waals surface area (Å²) in [6.45, 7) is 0.235. The summed E-state index contributed by atoms with van der Waals surface area (Å²) in [5, 5.41) is 1.91. The first-order valence-electron chi connectivity index (χ1n) is 7.52. The maximum absolute atomic E-state index is 13.1. The van der Waals surface area contributed by atoms with Gasteiger partial charge in [0.15, 0.2) is 0 Å². The lowest BCUT2D eigenvalue weighted by atomic mass is 10.2. The van der Waals surface area contributed by atoms with E-state index in [-0.39, 0.29) is 31.0 Å². The van der Waals surface area contributed by atoms with Crippen LogP contribution in [0.2, 0.25) is 0 Å². The lowest BCUT2D eigenvalue weighted by molar-refractivity contribution is -0.140. The third kappa shape index (κ3) is 9.32. The molecule has 15 heteroatoms. The number of nitrogens with zero attached hydrogens (tertiary/aromatic N) is 1. The van der Waals surface area contributed by atoms with Gasteiger partial charge in [-0.05, 0) is 18.2 Å². The number of esters is 1. The molecule has 6 nitrogen and oxygen atoms in total. The van der Waals surface area contributed by atoms with Crippen molar-refractivity contribution < 1.29 is 38.5 Å². The van der Waals surface area contributed by atoms with Gasteiger partial charge in [0, 0.05) is 14.0 Å². The Morgan fingerprint density at radius 1 is 1.14 bits per heavy atom. The van der Waals surface area contributed by atoms with E-state index < -0.39 is 43.3 Å². The van der Waals surface area contributed by atoms with E-state index in [1.807, 2.05) is 5.32 Å². The summed E-state index contributed by atoms with van der Waals surface area (Å²) >= 11 is 16.2. The summed E-state index contributed by atoms with van der Waals surface area (Å²) in [4.78, 5) is 21.6. The van der Waals surface area contributed by atoms with Gasteiger partial charge in [0.1, 0.15) is 18.1 Å². The van der Waals surface area contributed by atoms with Crippen LogP contribution in [0.1, 0.15) is 6.92 Å². The van der Waals surface area contributed by atoms with E-state index in [4.69, 9.17) is 39.5 Å². The van der Waals surface area contributed by atoms with Crippen molar-refractivity contribution in [1.29, 1.82) is 0 Å². The number of amides is 1. The van der Waals surface area contributed by atoms with Gasteiger partial charge in [0.2, 0.25) is 3.79 Å². The van der Waals surface area contributed by atoms with Crippen LogP contribution in [-0.2, 0) is 14.3 Å². The van der Waals surface area contributed by atoms with Crippen molar-refractivity contribution in [1.82, 2.24) is 0 Å². The molecular formula is C14H16Cl3F5N2O4S. The van der Waals surface area contributed by atoms with Crippen LogP contribution in [0.15, 0.2) is 23.1 Å². The number of carbonyl (C=O) groups excluding carboxylic acids is 2. The second kappa shape index (κ2) is 8.05. The van der Waals surface area contributed by atoms with E-state index in [2.05, 4.69) is 4.74 Å². The standard InChI is InChI=1S/C14H16Cl3F5N2O4S/c1-9(25)27-6-5-24(2)12-4-3-10(29(18,19,20,21)22)7-11(12)23-13(26)28-8-14(15,16)17/h3-4,7H,5-6,8H2,1-2H3,(H,23,26). The molecule has 29 heavy (non-hydrogen) atoms. The molecule has 0 bridgehead atoms. The molecule has 1 rings (SSSR count). The molecule has 0 aliphatic rings. The van der Waals surface area contributed by atoms with E-state index in [0.717, 1.165) is 13.0 Å². The smallest absolute Gasteiger partial charge is 0.411 e. The van der Waals surface area contributed by atoms with Crippen molar-refractivity contribution in [3.63, 3.8) is 0 Å². The first-order chi connectivity index (χ1) is 12.8. The fraction of sp³-hybridized carbons (Fsp3) is 0.429. The molecule has 0 aliphatic carbocycles. The number of halogens is 8. The molecule has 0 radical (unpaired) electrons. The van der Waals surface area contributed by atoms with E-state index >= 15 is 0 Å². The highest BCUT2D eigenvalue weighted by Crippen LogP contribution is 3.02. The molecule has 0 atom stereocenters. The summed E-state index contributed by atoms with van der Waals surface area (Å²) < 4.78 is 72.9. The van der Waals surface area contributed by atoms with Crippen molar-refractivity contribution in [3.8, 4) is 0 Å². The van der Waals surface area contributed by atoms with Crippen LogP contribution in [-0.4, -0.2) is 42.7 Å². The Hall–Kier alpha value is -1.37. The molecule has 0 saturated carbocycles. The molecule has 0 aromatic heterocycles. The normalized spacial score (nSPS) is 14.4. The predicted octanol–water partition coefficient (Wildman–Crippen LogP) is 6.26. The van der Waals surface area contributed by atoms with Crippen molar-refractivity contribution in [3.05, 3.63) is 18.2 Å². The minimum absolute atomic E-state index is 0.0206. The number of alkyl halides is 3. The molecule has 0 spiro atoms. The van der Waals surface area contributed by atoms with Crippen molar-refractivity contribution in [2.24, 2.45) is 0 Å². The Morgan fingerprint density at radius 3 is 2.21 bits per heavy atom. The zero-order chi connectivity index (χ0) is 22.7. The van der Waals surface area contributed by atoms with Crippen LogP contribution in [0, 0.1) is 0 Å². The van der Waals surface area contributed by atoms with Gasteiger partial charge in [-0.2, -0.15) is 0 Å². The molecule has 1 aromatic carbocycles. The van der Waals surface area contributed by atoms with Crippen LogP contribution < -0.4 is 10.2 Å². The fourth-order valence-electron chi connectivity index (χ4n) is 1.93. The Kier molecular flexibility index (Phi) is 7.12. The van der Waals surface area contributed by atoms with Gasteiger partial charge in [0.25, 0.3) is 0 Å². The molecular weight excluding hydrogens is 494 g/mol. The molecule has 0 aliphatic heterocycles. The molecule has 0 unspecified atom stereocenters. The lowest BCUT2D eigenvalue weighted by Crippen LogP contribution is -2.26. The SMILES string of the molecule is CC(=O)OCCN(C)c1ccc(S(F)(F)(F)(F)F)cc1NC(=O)OCC(Cl)(Cl)Cl. The number of benzene rings is 1. The highest BCUT2D eigenvalue weighted by Gasteiger charge is 2.65. The first kappa shape index (κ1) is 25.7. The molecule has 1 N–H and O–H groups in total. The quantitative estimate of drug-likeness (QED) is 0.267. The van der Waals surface area contributed by atoms with Crippen LogP contribution >= 0.6 is 45.0 Å². The summed E-state index contributed by atoms with van der Waals surface area (Å²) in [5.74, 6) is -0.594. The van der Waals surface area contributed by atoms with Crippen LogP contribution in [0.4, 0.5) is 35.6 Å². The largest absolute Gasteiger partial charge is 0.464 e. The molecule has 0 heterocycles. The molecule has 168 valence electrons. The van der Waals surface area contributed by atoms with Gasteiger partial charge < -0.3 is 14.4 Å². The average molecular weight is 510 g/mol. The number of hydrogen-bond donors (Lipinski definition) is 1. The fourth-order valence-corrected chi connectivity index (χ4v) is 2.76. The Labute approximate surface area is 177 Å². The number of anilines is 2. The minimum Gasteiger partial charge on any atom is -0.464 e. The lowest BCUT2D eigenvalue weighted by Gasteiger charge is -2.41. The predicted molar refractivity (Wildman–Crippen MR) is 103 cm³/mol. The van der Waals surface area contributed by atoms with Crippen molar-refractivity contribution in [2.75, 3.05) is 37.0 Å². The Balaban J connectivity index is 3.21. The summed E-state index contributed by atoms with van der Waals surface area (Å²) in [6.07, 6.45) is -1.34. The molecule has 0 fully saturated rings. The van der Waals surface area contributed by atoms with Crippen LogP contribution in [0.5, 0.6) is 0 Å². The van der Waals surface area contributed by atoms with E-state index in [1.165, 1.54) is 11.9 Å². The monoisotopic (exact) mass is 508 g/mol. The van der Waals surface area contributed by atoms with Gasteiger partial charge >= 0.3 is 22.3 Å². The van der Waals surface area contributed by atoms with E-state index in [9.17, 15) is 29.0 Å². The highest BCUT2D eigenvalue weighted by atomic mass is 35.6. The third-order valence-electron chi connectivity index (χ3n) is 3.16. The Morgan fingerprint density at radius 2 is 1.72 bits per heavy atom. The molecule has 1 aromatic rings. The second-order valence-electron chi connectivity index (χ2n) is 5.73. The maximum Gasteiger partial charge on any atom is 0.411 e. The van der Waals surface area contributed by atoms with Gasteiger partial charge in [0.05, 0.1) is 17.9 Å². The zero-order valence-electron chi connectivity index (χ0n) is 14.9. The summed E-state index contributed by atoms with van der Waals surface area (Å²) in [6, 6.07) is 0.971. The van der Waals surface area contributed by atoms with Crippen LogP contribution in [0.25, 0.3) is 0 Å². The number of rotatable bonds is 7. The van der Waals surface area contributed by atoms with Gasteiger partial charge in [-0.15, -0.1) is 0 Å². The van der Waals surface area contributed by atoms with E-state index in [0.29, 0.717) is 0 Å². The molecule has 0 saturated heterocycles. The van der Waals surface area contributed by atoms with E-state index in [1.54, 1.807) is 0 Å². The van der Waals surface area contributed by atoms with Crippen molar-refractivity contribution >= 4 is 68.5 Å². The summed E-state index contributed by atoms with van der Waals surface area (Å²) in [7, 11) is -8.65. The number of carbonyl (C=O) groups is 2. The number of hydrogen-bond acceptors (Lipinski definition) is 5. The average Bonchev–Trinajstić information content (AvgIpc) is 2.49. The zero-order valence-corrected chi connectivity index (χ0v) is 17.9. The first-order valence-corrected chi connectivity index (χ1v) is 10.6. The highest BCUT2D eigenvalue weighted by molar-refractivity contribution is 8.45. The molecule has 1 amide bonds. The number of likely N-dealkylation sites (N-methyl/N-ethyl adjacent to an activating group) is 1. The Bertz CT molecular complexity index is 790. The summed E-state index contributed by atoms with van der Waals surface area (Å²) in [5.41, 5.74) is -0.732. The number of nitrogens with one attached hydrogen (secondary N) is 1. The van der Waals surface area contributed by atoms with Gasteiger partial charge in [-0.1, -0.05) is 54.2 Å². The number of ether oxygens (including phenoxy) is 2. The van der Waals surface area contributed by atoms with Crippen molar-refractivity contribution in [2.45, 2.75) is 15.6 Å². The van der Waals surface area contributed by atoms with Gasteiger partial charge in [-0.25, -0.2) is 4.79 Å². The second-order valence-corrected chi connectivity index (χ2v) is 10.7. The topological polar surface area (TPSA) is 67.9 Å². The van der Waals surface area contributed by atoms with Crippen LogP contribution in [0.3, 0.4) is 0 Å². The maximum atomic E-state index is 13.1. The minimum atomic E-state index is -10.0. The third-order valence-corrected chi connectivity index (χ3v) is 4.63. The van der Waals surface area contributed by atoms with Gasteiger partial charge in [-0.3, -0.25) is 10.1 Å².